The van der Waals surface area contributed by atoms with E-state index >= 15 is 0 Å². The minimum Gasteiger partial charge on any atom is -0.508 e. The summed E-state index contributed by atoms with van der Waals surface area (Å²) >= 11 is 0. The van der Waals surface area contributed by atoms with Crippen LogP contribution in [0.5, 0.6) is 11.5 Å². The number of hydrogen-bond donors (Lipinski definition) is 4. The van der Waals surface area contributed by atoms with Gasteiger partial charge in [0.25, 0.3) is 11.8 Å². The van der Waals surface area contributed by atoms with Crippen molar-refractivity contribution in [1.82, 2.24) is 10.9 Å². The third-order valence-corrected chi connectivity index (χ3v) is 2.36. The molecule has 8 heteroatoms. The average molecular weight is 262 g/mol. The predicted molar refractivity (Wildman–Crippen MR) is 65.6 cm³/mol. The lowest BCUT2D eigenvalue weighted by Gasteiger charge is -2.02. The highest BCUT2D eigenvalue weighted by molar-refractivity contribution is 6.15. The summed E-state index contributed by atoms with van der Waals surface area (Å²) in [4.78, 5) is 22.6. The van der Waals surface area contributed by atoms with E-state index in [9.17, 15) is 14.7 Å². The number of hydrogen-bond acceptors (Lipinski definition) is 6. The van der Waals surface area contributed by atoms with E-state index in [1.165, 1.54) is 24.6 Å². The maximum atomic E-state index is 11.5. The fourth-order valence-corrected chi connectivity index (χ4v) is 1.38. The zero-order valence-corrected chi connectivity index (χ0v) is 9.57. The third-order valence-electron chi connectivity index (χ3n) is 2.36. The highest BCUT2D eigenvalue weighted by Gasteiger charge is 2.28. The number of benzene rings is 1. The van der Waals surface area contributed by atoms with Crippen LogP contribution in [-0.4, -0.2) is 34.5 Å². The van der Waals surface area contributed by atoms with Crippen molar-refractivity contribution in [2.45, 2.75) is 0 Å². The van der Waals surface area contributed by atoms with Crippen LogP contribution in [-0.2, 0) is 9.59 Å². The Kier molecular flexibility index (Phi) is 3.42. The fraction of sp³-hybridized carbons (Fsp3) is 0.0909. The van der Waals surface area contributed by atoms with Crippen molar-refractivity contribution >= 4 is 24.2 Å². The molecule has 1 atom stereocenters. The quantitative estimate of drug-likeness (QED) is 0.326. The maximum absolute atomic E-state index is 11.5. The van der Waals surface area contributed by atoms with Gasteiger partial charge in [0, 0.05) is 17.8 Å². The summed E-state index contributed by atoms with van der Waals surface area (Å²) in [7, 11) is 0. The molecule has 1 aliphatic heterocycles. The predicted octanol–water partition coefficient (Wildman–Crippen LogP) is -0.720. The van der Waals surface area contributed by atoms with Gasteiger partial charge in [0.2, 0.25) is 0 Å². The van der Waals surface area contributed by atoms with Crippen LogP contribution in [0.25, 0.3) is 0 Å². The number of rotatable bonds is 3. The van der Waals surface area contributed by atoms with Gasteiger partial charge in [-0.15, -0.1) is 0 Å². The van der Waals surface area contributed by atoms with E-state index in [0.29, 0.717) is 5.56 Å². The van der Waals surface area contributed by atoms with Crippen molar-refractivity contribution in [2.75, 3.05) is 0 Å². The first-order valence-electron chi connectivity index (χ1n) is 5.26. The molecular weight excluding hydrogens is 252 g/mol. The third kappa shape index (κ3) is 2.86. The molecule has 1 aromatic rings. The maximum Gasteiger partial charge on any atom is 0.258 e. The zero-order valence-electron chi connectivity index (χ0n) is 9.57. The van der Waals surface area contributed by atoms with E-state index in [4.69, 9.17) is 5.11 Å². The smallest absolute Gasteiger partial charge is 0.258 e. The molecule has 1 heterocycles. The standard InChI is InChI=1S/C11H10N4O4/c16-7-2-1-6(9(17)3-7)4-12-14-10(18)8-5-13-15-11(8)19/h1-5,8,16-17H,(H,14,18)(H,15,19)/b12-4-/t8-/m1/s1. The molecule has 2 rings (SSSR count). The van der Waals surface area contributed by atoms with Crippen LogP contribution in [0, 0.1) is 5.92 Å². The van der Waals surface area contributed by atoms with Crippen LogP contribution >= 0.6 is 0 Å². The largest absolute Gasteiger partial charge is 0.508 e. The second kappa shape index (κ2) is 5.17. The minimum absolute atomic E-state index is 0.0856. The molecular formula is C11H10N4O4. The Bertz CT molecular complexity index is 582. The van der Waals surface area contributed by atoms with Crippen LogP contribution in [0.1, 0.15) is 5.56 Å². The lowest BCUT2D eigenvalue weighted by Crippen LogP contribution is -2.34. The molecule has 1 aromatic carbocycles. The highest BCUT2D eigenvalue weighted by Crippen LogP contribution is 2.20. The monoisotopic (exact) mass is 262 g/mol. The van der Waals surface area contributed by atoms with Crippen molar-refractivity contribution in [1.29, 1.82) is 0 Å². The number of nitrogens with zero attached hydrogens (tertiary/aromatic N) is 2. The minimum atomic E-state index is -1.01. The molecule has 0 saturated carbocycles. The Morgan fingerprint density at radius 1 is 1.47 bits per heavy atom. The molecule has 0 aromatic heterocycles. The first-order valence-corrected chi connectivity index (χ1v) is 5.26. The summed E-state index contributed by atoms with van der Waals surface area (Å²) in [5.41, 5.74) is 4.58. The van der Waals surface area contributed by atoms with Crippen molar-refractivity contribution in [3.05, 3.63) is 23.8 Å². The summed E-state index contributed by atoms with van der Waals surface area (Å²) in [6.07, 6.45) is 2.36. The first-order chi connectivity index (χ1) is 9.08. The van der Waals surface area contributed by atoms with Gasteiger partial charge in [0.1, 0.15) is 11.5 Å². The van der Waals surface area contributed by atoms with Gasteiger partial charge in [-0.3, -0.25) is 9.59 Å². The molecule has 98 valence electrons. The summed E-state index contributed by atoms with van der Waals surface area (Å²) in [5, 5.41) is 25.6. The second-order valence-corrected chi connectivity index (χ2v) is 3.71. The van der Waals surface area contributed by atoms with Gasteiger partial charge in [0.15, 0.2) is 5.92 Å². The Morgan fingerprint density at radius 2 is 2.26 bits per heavy atom. The van der Waals surface area contributed by atoms with Crippen LogP contribution < -0.4 is 10.9 Å². The topological polar surface area (TPSA) is 123 Å². The molecule has 2 amide bonds. The average Bonchev–Trinajstić information content (AvgIpc) is 2.78. The molecule has 0 saturated heterocycles. The Hall–Kier alpha value is -2.90. The van der Waals surface area contributed by atoms with Crippen LogP contribution in [0.3, 0.4) is 0 Å². The molecule has 4 N–H and O–H groups in total. The number of hydrazone groups is 2. The molecule has 0 spiro atoms. The molecule has 0 radical (unpaired) electrons. The summed E-state index contributed by atoms with van der Waals surface area (Å²) in [6, 6.07) is 3.92. The lowest BCUT2D eigenvalue weighted by molar-refractivity contribution is -0.131. The number of phenolic OH excluding ortho intramolecular Hbond substituents is 2. The highest BCUT2D eigenvalue weighted by atomic mass is 16.3. The van der Waals surface area contributed by atoms with Gasteiger partial charge < -0.3 is 10.2 Å². The Morgan fingerprint density at radius 3 is 2.89 bits per heavy atom. The SMILES string of the molecule is O=C1NN=C[C@@H]1C(=O)N/N=C\c1ccc(O)cc1O. The van der Waals surface area contributed by atoms with E-state index in [1.54, 1.807) is 0 Å². The second-order valence-electron chi connectivity index (χ2n) is 3.71. The van der Waals surface area contributed by atoms with E-state index in [1.807, 2.05) is 0 Å². The van der Waals surface area contributed by atoms with Crippen LogP contribution in [0.2, 0.25) is 0 Å². The molecule has 1 aliphatic rings. The van der Waals surface area contributed by atoms with Gasteiger partial charge in [0.05, 0.1) is 6.21 Å². The van der Waals surface area contributed by atoms with Crippen LogP contribution in [0.15, 0.2) is 28.4 Å². The summed E-state index contributed by atoms with van der Waals surface area (Å²) in [6.45, 7) is 0. The number of amides is 2. The lowest BCUT2D eigenvalue weighted by atomic mass is 10.1. The van der Waals surface area contributed by atoms with Crippen LogP contribution in [0.4, 0.5) is 0 Å². The normalized spacial score (nSPS) is 17.7. The molecule has 0 fully saturated rings. The molecule has 19 heavy (non-hydrogen) atoms. The molecule has 8 nitrogen and oxygen atoms in total. The van der Waals surface area contributed by atoms with E-state index in [-0.39, 0.29) is 11.5 Å². The molecule has 0 unspecified atom stereocenters. The van der Waals surface area contributed by atoms with Gasteiger partial charge in [-0.25, -0.2) is 10.9 Å². The number of nitrogens with one attached hydrogen (secondary N) is 2. The number of carbonyl (C=O) groups is 2. The molecule has 0 bridgehead atoms. The van der Waals surface area contributed by atoms with Crippen molar-refractivity contribution < 1.29 is 19.8 Å². The number of carbonyl (C=O) groups excluding carboxylic acids is 2. The Balaban J connectivity index is 1.98. The van der Waals surface area contributed by atoms with Gasteiger partial charge in [-0.1, -0.05) is 0 Å². The van der Waals surface area contributed by atoms with Gasteiger partial charge in [-0.05, 0) is 12.1 Å². The number of aromatic hydroxyl groups is 2. The van der Waals surface area contributed by atoms with E-state index in [0.717, 1.165) is 6.07 Å². The molecule has 0 aliphatic carbocycles. The summed E-state index contributed by atoms with van der Waals surface area (Å²) < 4.78 is 0. The summed E-state index contributed by atoms with van der Waals surface area (Å²) in [5.74, 6) is -2.44. The van der Waals surface area contributed by atoms with E-state index in [2.05, 4.69) is 21.1 Å². The van der Waals surface area contributed by atoms with Gasteiger partial charge >= 0.3 is 0 Å². The van der Waals surface area contributed by atoms with Gasteiger partial charge in [-0.2, -0.15) is 10.2 Å². The van der Waals surface area contributed by atoms with Crippen molar-refractivity contribution in [3.63, 3.8) is 0 Å². The first kappa shape index (κ1) is 12.6. The van der Waals surface area contributed by atoms with Crippen molar-refractivity contribution in [3.8, 4) is 11.5 Å². The Labute approximate surface area is 107 Å². The fourth-order valence-electron chi connectivity index (χ4n) is 1.38. The zero-order chi connectivity index (χ0) is 13.8. The van der Waals surface area contributed by atoms with Crippen molar-refractivity contribution in [2.24, 2.45) is 16.1 Å². The van der Waals surface area contributed by atoms with E-state index < -0.39 is 17.7 Å². The number of phenols is 2.